The molecule has 0 aliphatic heterocycles. The third-order valence-corrected chi connectivity index (χ3v) is 16.8. The van der Waals surface area contributed by atoms with Gasteiger partial charge in [0.25, 0.3) is 0 Å². The van der Waals surface area contributed by atoms with Crippen LogP contribution in [0.2, 0.25) is 0 Å². The quantitative estimate of drug-likeness (QED) is 0.129. The summed E-state index contributed by atoms with van der Waals surface area (Å²) >= 11 is 6.83. The molecule has 3 nitrogen and oxygen atoms in total. The number of aromatic nitrogens is 3. The van der Waals surface area contributed by atoms with Crippen LogP contribution in [0.15, 0.2) is 206 Å². The van der Waals surface area contributed by atoms with Crippen molar-refractivity contribution in [2.24, 2.45) is 0 Å². The molecule has 0 spiro atoms. The predicted molar refractivity (Wildman–Crippen MR) is 255 cm³/mol. The standard InChI is InChI=1S/C54H34N3PS/c59-58(39-17-3-1-4-18-39,40-19-5-2-6-20-40)54-45-24-12-11-23-44(45)48(34-55-54)37-28-31-50-47(32-37)52-43-22-10-8-15-36(43)26-29-46(52)53-56-49-30-27-38(33-51(49)57(50)53)42-25-13-16-35-14-7-9-21-41(35)42/h1-34H. The smallest absolute Gasteiger partial charge is 0.146 e. The van der Waals surface area contributed by atoms with E-state index in [0.29, 0.717) is 0 Å². The van der Waals surface area contributed by atoms with Gasteiger partial charge in [-0.1, -0.05) is 182 Å². The predicted octanol–water partition coefficient (Wildman–Crippen LogP) is 12.7. The summed E-state index contributed by atoms with van der Waals surface area (Å²) < 4.78 is 2.37. The summed E-state index contributed by atoms with van der Waals surface area (Å²) in [4.78, 5) is 10.7. The van der Waals surface area contributed by atoms with Gasteiger partial charge >= 0.3 is 0 Å². The van der Waals surface area contributed by atoms with Crippen molar-refractivity contribution in [1.82, 2.24) is 14.4 Å². The molecule has 0 radical (unpaired) electrons. The molecule has 12 rings (SSSR count). The Morgan fingerprint density at radius 1 is 0.424 bits per heavy atom. The van der Waals surface area contributed by atoms with Crippen molar-refractivity contribution in [1.29, 1.82) is 0 Å². The van der Waals surface area contributed by atoms with Gasteiger partial charge in [-0.15, -0.1) is 0 Å². The van der Waals surface area contributed by atoms with Crippen LogP contribution in [-0.4, -0.2) is 14.4 Å². The molecular formula is C54H34N3PS. The minimum Gasteiger partial charge on any atom is -0.292 e. The maximum absolute atomic E-state index is 6.83. The number of nitrogens with zero attached hydrogens (tertiary/aromatic N) is 3. The molecule has 276 valence electrons. The molecule has 9 aromatic carbocycles. The van der Waals surface area contributed by atoms with Crippen LogP contribution >= 0.6 is 6.04 Å². The summed E-state index contributed by atoms with van der Waals surface area (Å²) in [7, 11) is 0. The van der Waals surface area contributed by atoms with Gasteiger partial charge in [0.05, 0.1) is 28.0 Å². The highest BCUT2D eigenvalue weighted by Gasteiger charge is 2.29. The molecule has 0 bridgehead atoms. The summed E-state index contributed by atoms with van der Waals surface area (Å²) in [6.45, 7) is 0. The lowest BCUT2D eigenvalue weighted by atomic mass is 9.95. The maximum Gasteiger partial charge on any atom is 0.146 e. The number of pyridine rings is 2. The first-order chi connectivity index (χ1) is 29.1. The molecule has 3 aromatic heterocycles. The summed E-state index contributed by atoms with van der Waals surface area (Å²) in [6.07, 6.45) is 2.06. The second-order valence-corrected chi connectivity index (χ2v) is 19.6. The molecule has 0 saturated carbocycles. The SMILES string of the molecule is S=P(c1ccccc1)(c1ccccc1)c1ncc(-c2ccc3c(c2)c2c4ccccc4ccc2c2nc4ccc(-c5cccc6ccccc56)cc4n32)c2ccccc12. The highest BCUT2D eigenvalue weighted by Crippen LogP contribution is 2.46. The van der Waals surface area contributed by atoms with E-state index in [1.165, 1.54) is 43.4 Å². The Hall–Kier alpha value is -6.97. The Morgan fingerprint density at radius 3 is 1.80 bits per heavy atom. The van der Waals surface area contributed by atoms with Gasteiger partial charge in [-0.2, -0.15) is 0 Å². The topological polar surface area (TPSA) is 30.2 Å². The first-order valence-electron chi connectivity index (χ1n) is 19.9. The lowest BCUT2D eigenvalue weighted by Crippen LogP contribution is -2.27. The molecule has 3 heterocycles. The van der Waals surface area contributed by atoms with Gasteiger partial charge in [-0.05, 0) is 84.6 Å². The molecule has 0 unspecified atom stereocenters. The number of benzene rings is 9. The van der Waals surface area contributed by atoms with Gasteiger partial charge in [0.15, 0.2) is 0 Å². The van der Waals surface area contributed by atoms with Crippen molar-refractivity contribution >= 4 is 105 Å². The van der Waals surface area contributed by atoms with Gasteiger partial charge in [0, 0.05) is 33.3 Å². The van der Waals surface area contributed by atoms with E-state index in [-0.39, 0.29) is 0 Å². The molecule has 0 amide bonds. The Morgan fingerprint density at radius 2 is 1.03 bits per heavy atom. The average molecular weight is 788 g/mol. The second-order valence-electron chi connectivity index (χ2n) is 15.3. The van der Waals surface area contributed by atoms with E-state index in [1.54, 1.807) is 0 Å². The number of rotatable bonds is 5. The van der Waals surface area contributed by atoms with Crippen molar-refractivity contribution < 1.29 is 0 Å². The van der Waals surface area contributed by atoms with Gasteiger partial charge < -0.3 is 0 Å². The van der Waals surface area contributed by atoms with E-state index in [4.69, 9.17) is 21.8 Å². The van der Waals surface area contributed by atoms with E-state index in [1.807, 2.05) is 0 Å². The molecule has 0 N–H and O–H groups in total. The normalized spacial score (nSPS) is 12.1. The number of hydrogen-bond donors (Lipinski definition) is 0. The van der Waals surface area contributed by atoms with Gasteiger partial charge in [0.1, 0.15) is 5.65 Å². The fourth-order valence-electron chi connectivity index (χ4n) is 9.32. The fraction of sp³-hybridized carbons (Fsp3) is 0. The van der Waals surface area contributed by atoms with E-state index in [0.717, 1.165) is 65.5 Å². The third-order valence-electron chi connectivity index (χ3n) is 12.1. The largest absolute Gasteiger partial charge is 0.292 e. The number of hydrogen-bond acceptors (Lipinski definition) is 3. The first kappa shape index (κ1) is 34.1. The van der Waals surface area contributed by atoms with Crippen molar-refractivity contribution in [3.05, 3.63) is 206 Å². The Balaban J connectivity index is 1.13. The van der Waals surface area contributed by atoms with E-state index >= 15 is 0 Å². The fourth-order valence-corrected chi connectivity index (χ4v) is 13.2. The molecular weight excluding hydrogens is 754 g/mol. The maximum atomic E-state index is 6.83. The third kappa shape index (κ3) is 5.17. The molecule has 5 heteroatoms. The Labute approximate surface area is 345 Å². The van der Waals surface area contributed by atoms with E-state index in [2.05, 4.69) is 211 Å². The number of imidazole rings is 1. The highest BCUT2D eigenvalue weighted by atomic mass is 32.4. The van der Waals surface area contributed by atoms with Crippen molar-refractivity contribution in [2.75, 3.05) is 0 Å². The highest BCUT2D eigenvalue weighted by molar-refractivity contribution is 8.25. The number of fused-ring (bicyclic) bond motifs is 12. The molecule has 0 aliphatic carbocycles. The lowest BCUT2D eigenvalue weighted by molar-refractivity contribution is 1.32. The van der Waals surface area contributed by atoms with Crippen LogP contribution in [0.3, 0.4) is 0 Å². The van der Waals surface area contributed by atoms with Crippen molar-refractivity contribution in [3.63, 3.8) is 0 Å². The Bertz CT molecular complexity index is 3660. The summed E-state index contributed by atoms with van der Waals surface area (Å²) in [6, 6.07) is 69.3. The zero-order chi connectivity index (χ0) is 39.1. The van der Waals surface area contributed by atoms with Gasteiger partial charge in [-0.3, -0.25) is 9.38 Å². The molecule has 0 atom stereocenters. The molecule has 0 saturated heterocycles. The van der Waals surface area contributed by atoms with Crippen LogP contribution < -0.4 is 16.0 Å². The van der Waals surface area contributed by atoms with Crippen molar-refractivity contribution in [2.45, 2.75) is 0 Å². The van der Waals surface area contributed by atoms with Crippen LogP contribution in [0.5, 0.6) is 0 Å². The Kier molecular flexibility index (Phi) is 7.68. The molecule has 0 aliphatic rings. The van der Waals surface area contributed by atoms with Gasteiger partial charge in [-0.25, -0.2) is 4.98 Å². The van der Waals surface area contributed by atoms with Crippen LogP contribution in [0.4, 0.5) is 0 Å². The van der Waals surface area contributed by atoms with Gasteiger partial charge in [0.2, 0.25) is 0 Å². The second kappa shape index (κ2) is 13.3. The summed E-state index contributed by atoms with van der Waals surface area (Å²) in [5.41, 5.74) is 9.67. The van der Waals surface area contributed by atoms with Crippen LogP contribution in [0.1, 0.15) is 0 Å². The molecule has 0 fully saturated rings. The first-order valence-corrected chi connectivity index (χ1v) is 22.7. The summed E-state index contributed by atoms with van der Waals surface area (Å²) in [5, 5.41) is 12.9. The summed E-state index contributed by atoms with van der Waals surface area (Å²) in [5.74, 6) is 0. The lowest BCUT2D eigenvalue weighted by Gasteiger charge is -2.25. The van der Waals surface area contributed by atoms with Crippen LogP contribution in [-0.2, 0) is 11.8 Å². The monoisotopic (exact) mass is 787 g/mol. The van der Waals surface area contributed by atoms with E-state index < -0.39 is 6.04 Å². The molecule has 12 aromatic rings. The molecule has 59 heavy (non-hydrogen) atoms. The average Bonchev–Trinajstić information content (AvgIpc) is 3.70. The zero-order valence-electron chi connectivity index (χ0n) is 31.8. The minimum absolute atomic E-state index is 0.958. The van der Waals surface area contributed by atoms with Crippen LogP contribution in [0.25, 0.3) is 92.9 Å². The van der Waals surface area contributed by atoms with Crippen molar-refractivity contribution in [3.8, 4) is 22.3 Å². The van der Waals surface area contributed by atoms with E-state index in [9.17, 15) is 0 Å². The van der Waals surface area contributed by atoms with Crippen LogP contribution in [0, 0.1) is 0 Å². The minimum atomic E-state index is -2.50. The zero-order valence-corrected chi connectivity index (χ0v) is 33.5.